The second-order valence-corrected chi connectivity index (χ2v) is 6.21. The molecule has 1 saturated heterocycles. The van der Waals surface area contributed by atoms with E-state index in [1.165, 1.54) is 0 Å². The van der Waals surface area contributed by atoms with Crippen LogP contribution in [0.3, 0.4) is 0 Å². The van der Waals surface area contributed by atoms with Gasteiger partial charge in [-0.15, -0.1) is 0 Å². The van der Waals surface area contributed by atoms with E-state index < -0.39 is 0 Å². The van der Waals surface area contributed by atoms with Crippen LogP contribution >= 0.6 is 0 Å². The molecule has 3 N–H and O–H groups in total. The molecule has 0 spiro atoms. The summed E-state index contributed by atoms with van der Waals surface area (Å²) in [5, 5.41) is 2.97. The van der Waals surface area contributed by atoms with Gasteiger partial charge in [-0.25, -0.2) is 0 Å². The summed E-state index contributed by atoms with van der Waals surface area (Å²) in [5.74, 6) is 1.03. The minimum Gasteiger partial charge on any atom is -0.486 e. The third-order valence-electron chi connectivity index (χ3n) is 4.51. The minimum absolute atomic E-state index is 0.0149. The maximum atomic E-state index is 12.3. The van der Waals surface area contributed by atoms with Crippen LogP contribution in [-0.4, -0.2) is 31.3 Å². The van der Waals surface area contributed by atoms with Crippen LogP contribution in [0.2, 0.25) is 0 Å². The molecular formula is C17H24N2O3. The maximum Gasteiger partial charge on any atom is 0.224 e. The van der Waals surface area contributed by atoms with Crippen molar-refractivity contribution >= 4 is 11.6 Å². The third kappa shape index (κ3) is 3.78. The molecule has 2 fully saturated rings. The molecule has 1 saturated carbocycles. The molecule has 0 bridgehead atoms. The summed E-state index contributed by atoms with van der Waals surface area (Å²) < 4.78 is 11.3. The summed E-state index contributed by atoms with van der Waals surface area (Å²) in [6.45, 7) is 1.35. The summed E-state index contributed by atoms with van der Waals surface area (Å²) in [6.07, 6.45) is 4.65. The fraction of sp³-hybridized carbons (Fsp3) is 0.588. The molecule has 1 aliphatic carbocycles. The number of hydrogen-bond donors (Lipinski definition) is 2. The lowest BCUT2D eigenvalue weighted by atomic mass is 10.00. The molecule has 1 unspecified atom stereocenters. The first-order valence-electron chi connectivity index (χ1n) is 8.11. The van der Waals surface area contributed by atoms with E-state index >= 15 is 0 Å². The first kappa shape index (κ1) is 15.3. The Bertz CT molecular complexity index is 514. The quantitative estimate of drug-likeness (QED) is 0.875. The number of nitrogens with two attached hydrogens (primary N) is 1. The fourth-order valence-corrected chi connectivity index (χ4v) is 3.22. The number of hydrogen-bond acceptors (Lipinski definition) is 4. The topological polar surface area (TPSA) is 73.6 Å². The van der Waals surface area contributed by atoms with Gasteiger partial charge < -0.3 is 20.5 Å². The summed E-state index contributed by atoms with van der Waals surface area (Å²) >= 11 is 0. The van der Waals surface area contributed by atoms with Gasteiger partial charge in [0.05, 0.1) is 18.9 Å². The van der Waals surface area contributed by atoms with Crippen LogP contribution in [0.15, 0.2) is 24.3 Å². The van der Waals surface area contributed by atoms with E-state index in [0.29, 0.717) is 24.7 Å². The van der Waals surface area contributed by atoms with Crippen molar-refractivity contribution in [3.05, 3.63) is 24.3 Å². The van der Waals surface area contributed by atoms with Gasteiger partial charge in [0.2, 0.25) is 5.91 Å². The van der Waals surface area contributed by atoms with Gasteiger partial charge in [-0.1, -0.05) is 18.6 Å². The van der Waals surface area contributed by atoms with Crippen molar-refractivity contribution in [2.75, 3.05) is 18.5 Å². The van der Waals surface area contributed by atoms with E-state index in [0.717, 1.165) is 38.0 Å². The van der Waals surface area contributed by atoms with Crippen LogP contribution < -0.4 is 15.8 Å². The molecule has 1 aliphatic heterocycles. The molecule has 3 rings (SSSR count). The highest BCUT2D eigenvalue weighted by Gasteiger charge is 2.26. The Hall–Kier alpha value is -1.59. The molecule has 2 aliphatic rings. The van der Waals surface area contributed by atoms with Crippen molar-refractivity contribution < 1.29 is 14.3 Å². The van der Waals surface area contributed by atoms with E-state index in [4.69, 9.17) is 15.2 Å². The lowest BCUT2D eigenvalue weighted by molar-refractivity contribution is -0.117. The minimum atomic E-state index is 0.0149. The van der Waals surface area contributed by atoms with E-state index in [-0.39, 0.29) is 18.1 Å². The van der Waals surface area contributed by atoms with E-state index in [1.807, 2.05) is 24.3 Å². The van der Waals surface area contributed by atoms with Crippen molar-refractivity contribution in [2.24, 2.45) is 11.7 Å². The average molecular weight is 304 g/mol. The van der Waals surface area contributed by atoms with Gasteiger partial charge in [-0.2, -0.15) is 0 Å². The number of amides is 1. The Labute approximate surface area is 131 Å². The maximum absolute atomic E-state index is 12.3. The number of carbonyl (C=O) groups is 1. The Morgan fingerprint density at radius 2 is 2.18 bits per heavy atom. The predicted molar refractivity (Wildman–Crippen MR) is 84.9 cm³/mol. The van der Waals surface area contributed by atoms with Crippen molar-refractivity contribution in [2.45, 2.75) is 44.2 Å². The first-order chi connectivity index (χ1) is 10.7. The second-order valence-electron chi connectivity index (χ2n) is 6.21. The van der Waals surface area contributed by atoms with Crippen molar-refractivity contribution in [1.29, 1.82) is 0 Å². The number of carbonyl (C=O) groups excluding carboxylic acids is 1. The molecule has 0 radical (unpaired) electrons. The molecule has 5 heteroatoms. The molecule has 1 aromatic carbocycles. The zero-order chi connectivity index (χ0) is 15.4. The second kappa shape index (κ2) is 7.11. The first-order valence-corrected chi connectivity index (χ1v) is 8.11. The number of ether oxygens (including phenoxy) is 2. The van der Waals surface area contributed by atoms with E-state index in [9.17, 15) is 4.79 Å². The molecule has 5 nitrogen and oxygen atoms in total. The van der Waals surface area contributed by atoms with Gasteiger partial charge in [0.1, 0.15) is 11.9 Å². The lowest BCUT2D eigenvalue weighted by Crippen LogP contribution is -2.28. The number of para-hydroxylation sites is 2. The molecule has 1 aromatic rings. The van der Waals surface area contributed by atoms with Crippen LogP contribution in [0.5, 0.6) is 5.75 Å². The molecule has 3 atom stereocenters. The van der Waals surface area contributed by atoms with Crippen LogP contribution in [0, 0.1) is 5.92 Å². The molecular weight excluding hydrogens is 280 g/mol. The molecule has 0 aromatic heterocycles. The Balaban J connectivity index is 1.60. The average Bonchev–Trinajstić information content (AvgIpc) is 3.14. The summed E-state index contributed by atoms with van der Waals surface area (Å²) in [4.78, 5) is 12.3. The highest BCUT2D eigenvalue weighted by molar-refractivity contribution is 5.92. The van der Waals surface area contributed by atoms with Crippen molar-refractivity contribution in [3.63, 3.8) is 0 Å². The monoisotopic (exact) mass is 304 g/mol. The highest BCUT2D eigenvalue weighted by Crippen LogP contribution is 2.29. The zero-order valence-electron chi connectivity index (χ0n) is 12.8. The largest absolute Gasteiger partial charge is 0.486 e. The van der Waals surface area contributed by atoms with Gasteiger partial charge >= 0.3 is 0 Å². The number of nitrogens with one attached hydrogen (secondary N) is 1. The predicted octanol–water partition coefficient (Wildman–Crippen LogP) is 2.31. The van der Waals surface area contributed by atoms with Gasteiger partial charge in [-0.3, -0.25) is 4.79 Å². The van der Waals surface area contributed by atoms with Crippen LogP contribution in [-0.2, 0) is 9.53 Å². The lowest BCUT2D eigenvalue weighted by Gasteiger charge is -2.18. The Morgan fingerprint density at radius 3 is 2.91 bits per heavy atom. The molecule has 1 heterocycles. The Kier molecular flexibility index (Phi) is 4.95. The fourth-order valence-electron chi connectivity index (χ4n) is 3.22. The summed E-state index contributed by atoms with van der Waals surface area (Å²) in [6, 6.07) is 7.73. The summed E-state index contributed by atoms with van der Waals surface area (Å²) in [5.41, 5.74) is 6.77. The summed E-state index contributed by atoms with van der Waals surface area (Å²) in [7, 11) is 0. The standard InChI is InChI=1S/C17H24N2O3/c18-14-5-3-4-12(14)10-17(20)19-15-6-1-2-7-16(15)22-13-8-9-21-11-13/h1-2,6-7,12-14H,3-5,8-11,18H2,(H,19,20)/t12-,13?,14+/m0/s1. The third-order valence-corrected chi connectivity index (χ3v) is 4.51. The van der Waals surface area contributed by atoms with Gasteiger partial charge in [-0.05, 0) is 30.9 Å². The van der Waals surface area contributed by atoms with Crippen LogP contribution in [0.1, 0.15) is 32.1 Å². The normalized spacial score (nSPS) is 27.8. The van der Waals surface area contributed by atoms with Gasteiger partial charge in [0.25, 0.3) is 0 Å². The number of benzene rings is 1. The van der Waals surface area contributed by atoms with E-state index in [2.05, 4.69) is 5.32 Å². The van der Waals surface area contributed by atoms with Crippen molar-refractivity contribution in [3.8, 4) is 5.75 Å². The highest BCUT2D eigenvalue weighted by atomic mass is 16.5. The Morgan fingerprint density at radius 1 is 1.32 bits per heavy atom. The molecule has 22 heavy (non-hydrogen) atoms. The smallest absolute Gasteiger partial charge is 0.224 e. The van der Waals surface area contributed by atoms with Gasteiger partial charge in [0, 0.05) is 18.9 Å². The zero-order valence-corrected chi connectivity index (χ0v) is 12.8. The molecule has 1 amide bonds. The van der Waals surface area contributed by atoms with Crippen LogP contribution in [0.25, 0.3) is 0 Å². The van der Waals surface area contributed by atoms with Gasteiger partial charge in [0.15, 0.2) is 0 Å². The van der Waals surface area contributed by atoms with Crippen LogP contribution in [0.4, 0.5) is 5.69 Å². The number of anilines is 1. The molecule has 120 valence electrons. The van der Waals surface area contributed by atoms with Crippen molar-refractivity contribution in [1.82, 2.24) is 0 Å². The SMILES string of the molecule is N[C@@H]1CCC[C@H]1CC(=O)Nc1ccccc1OC1CCOC1. The van der Waals surface area contributed by atoms with E-state index in [1.54, 1.807) is 0 Å². The number of rotatable bonds is 5.